The molecule has 0 N–H and O–H groups in total. The molecule has 0 aromatic rings. The Labute approximate surface area is 174 Å². The van der Waals surface area contributed by atoms with Crippen LogP contribution in [0.3, 0.4) is 0 Å². The third-order valence-corrected chi connectivity index (χ3v) is 7.61. The Hall–Kier alpha value is -1.80. The lowest BCUT2D eigenvalue weighted by Crippen LogP contribution is -2.37. The van der Waals surface area contributed by atoms with E-state index in [4.69, 9.17) is 18.9 Å². The number of hydrogen-bond donors (Lipinski definition) is 0. The first-order valence-corrected chi connectivity index (χ1v) is 11.3. The van der Waals surface area contributed by atoms with Crippen LogP contribution in [0.2, 0.25) is 0 Å². The SMILES string of the molecule is O=C1OC(=O)C2CC(OC3CCC(OC4CCC5C(=O)OC(=O)C5C4)CC3)CCC12. The summed E-state index contributed by atoms with van der Waals surface area (Å²) in [4.78, 5) is 47.0. The third-order valence-electron chi connectivity index (χ3n) is 7.61. The molecule has 0 aromatic heterocycles. The number of ether oxygens (including phenoxy) is 4. The monoisotopic (exact) mass is 420 g/mol. The lowest BCUT2D eigenvalue weighted by Gasteiger charge is -2.36. The first-order chi connectivity index (χ1) is 14.5. The van der Waals surface area contributed by atoms with E-state index in [1.54, 1.807) is 0 Å². The van der Waals surface area contributed by atoms with Gasteiger partial charge in [0.15, 0.2) is 0 Å². The number of carbonyl (C=O) groups is 4. The van der Waals surface area contributed by atoms with Crippen LogP contribution in [-0.4, -0.2) is 48.3 Å². The Bertz CT molecular complexity index is 677. The molecule has 2 heterocycles. The van der Waals surface area contributed by atoms with Gasteiger partial charge in [0, 0.05) is 0 Å². The van der Waals surface area contributed by atoms with Gasteiger partial charge in [-0.15, -0.1) is 0 Å². The Balaban J connectivity index is 1.06. The second kappa shape index (κ2) is 8.04. The van der Waals surface area contributed by atoms with E-state index in [-0.39, 0.29) is 60.0 Å². The molecular weight excluding hydrogens is 392 g/mol. The molecule has 6 atom stereocenters. The number of cyclic esters (lactones) is 4. The van der Waals surface area contributed by atoms with Gasteiger partial charge in [0.05, 0.1) is 48.1 Å². The molecule has 3 saturated carbocycles. The zero-order valence-electron chi connectivity index (χ0n) is 17.0. The highest BCUT2D eigenvalue weighted by Crippen LogP contribution is 2.41. The minimum atomic E-state index is -0.391. The molecule has 30 heavy (non-hydrogen) atoms. The summed E-state index contributed by atoms with van der Waals surface area (Å²) in [6.45, 7) is 0. The zero-order valence-corrected chi connectivity index (χ0v) is 17.0. The fourth-order valence-electron chi connectivity index (χ4n) is 5.95. The molecule has 2 aliphatic heterocycles. The number of carbonyl (C=O) groups excluding carboxylic acids is 4. The molecule has 0 spiro atoms. The highest BCUT2D eigenvalue weighted by atomic mass is 16.6. The van der Waals surface area contributed by atoms with Crippen LogP contribution in [0.25, 0.3) is 0 Å². The Morgan fingerprint density at radius 3 is 1.20 bits per heavy atom. The van der Waals surface area contributed by atoms with Crippen molar-refractivity contribution in [3.63, 3.8) is 0 Å². The van der Waals surface area contributed by atoms with Crippen molar-refractivity contribution in [1.82, 2.24) is 0 Å². The standard InChI is InChI=1S/C22H28O8/c23-19-15-7-5-13(9-17(15)21(25)29-19)27-11-1-2-12(4-3-11)28-14-6-8-16-18(10-14)22(26)30-20(16)24/h11-18H,1-10H2. The first kappa shape index (κ1) is 20.1. The van der Waals surface area contributed by atoms with Crippen LogP contribution in [0, 0.1) is 23.7 Å². The molecule has 5 fully saturated rings. The normalized spacial score (nSPS) is 43.7. The van der Waals surface area contributed by atoms with Gasteiger partial charge in [0.1, 0.15) is 0 Å². The van der Waals surface area contributed by atoms with Crippen molar-refractivity contribution < 1.29 is 38.1 Å². The molecule has 8 heteroatoms. The summed E-state index contributed by atoms with van der Waals surface area (Å²) >= 11 is 0. The topological polar surface area (TPSA) is 105 Å². The van der Waals surface area contributed by atoms with E-state index in [0.717, 1.165) is 38.5 Å². The molecule has 6 unspecified atom stereocenters. The molecule has 2 saturated heterocycles. The maximum absolute atomic E-state index is 11.8. The van der Waals surface area contributed by atoms with Crippen molar-refractivity contribution in [3.8, 4) is 0 Å². The second-order valence-electron chi connectivity index (χ2n) is 9.45. The molecule has 0 amide bonds. The van der Waals surface area contributed by atoms with Crippen molar-refractivity contribution in [2.24, 2.45) is 23.7 Å². The highest BCUT2D eigenvalue weighted by molar-refractivity contribution is 5.97. The van der Waals surface area contributed by atoms with E-state index in [1.165, 1.54) is 0 Å². The molecule has 0 bridgehead atoms. The van der Waals surface area contributed by atoms with Crippen molar-refractivity contribution in [2.45, 2.75) is 88.6 Å². The number of hydrogen-bond acceptors (Lipinski definition) is 8. The predicted octanol–water partition coefficient (Wildman–Crippen LogP) is 2.07. The molecule has 3 aliphatic carbocycles. The van der Waals surface area contributed by atoms with Gasteiger partial charge in [-0.3, -0.25) is 19.2 Å². The first-order valence-electron chi connectivity index (χ1n) is 11.3. The fraction of sp³-hybridized carbons (Fsp3) is 0.818. The quantitative estimate of drug-likeness (QED) is 0.503. The van der Waals surface area contributed by atoms with Crippen molar-refractivity contribution in [2.75, 3.05) is 0 Å². The molecular formula is C22H28O8. The van der Waals surface area contributed by atoms with Crippen LogP contribution < -0.4 is 0 Å². The number of esters is 4. The molecule has 5 aliphatic rings. The van der Waals surface area contributed by atoms with Crippen LogP contribution >= 0.6 is 0 Å². The minimum Gasteiger partial charge on any atom is -0.393 e. The summed E-state index contributed by atoms with van der Waals surface area (Å²) in [5.41, 5.74) is 0. The van der Waals surface area contributed by atoms with Gasteiger partial charge < -0.3 is 18.9 Å². The van der Waals surface area contributed by atoms with E-state index in [0.29, 0.717) is 25.7 Å². The summed E-state index contributed by atoms with van der Waals surface area (Å²) in [5.74, 6) is -2.74. The summed E-state index contributed by atoms with van der Waals surface area (Å²) in [6, 6.07) is 0. The van der Waals surface area contributed by atoms with E-state index >= 15 is 0 Å². The van der Waals surface area contributed by atoms with Crippen LogP contribution in [0.1, 0.15) is 64.2 Å². The molecule has 0 radical (unpaired) electrons. The largest absolute Gasteiger partial charge is 0.393 e. The maximum Gasteiger partial charge on any atom is 0.317 e. The Kier molecular flexibility index (Phi) is 5.39. The molecule has 8 nitrogen and oxygen atoms in total. The minimum absolute atomic E-state index is 0.00774. The average molecular weight is 420 g/mol. The molecule has 5 rings (SSSR count). The Morgan fingerprint density at radius 2 is 0.800 bits per heavy atom. The van der Waals surface area contributed by atoms with Crippen LogP contribution in [-0.2, 0) is 38.1 Å². The van der Waals surface area contributed by atoms with E-state index in [2.05, 4.69) is 0 Å². The summed E-state index contributed by atoms with van der Waals surface area (Å²) < 4.78 is 22.1. The van der Waals surface area contributed by atoms with Gasteiger partial charge in [-0.05, 0) is 64.2 Å². The van der Waals surface area contributed by atoms with E-state index in [1.807, 2.05) is 0 Å². The van der Waals surface area contributed by atoms with Gasteiger partial charge in [0.2, 0.25) is 0 Å². The van der Waals surface area contributed by atoms with Crippen molar-refractivity contribution in [1.29, 1.82) is 0 Å². The molecule has 164 valence electrons. The van der Waals surface area contributed by atoms with Gasteiger partial charge in [-0.1, -0.05) is 0 Å². The van der Waals surface area contributed by atoms with Crippen molar-refractivity contribution >= 4 is 23.9 Å². The maximum atomic E-state index is 11.8. The van der Waals surface area contributed by atoms with Gasteiger partial charge >= 0.3 is 23.9 Å². The van der Waals surface area contributed by atoms with Crippen molar-refractivity contribution in [3.05, 3.63) is 0 Å². The molecule has 0 aromatic carbocycles. The lowest BCUT2D eigenvalue weighted by atomic mass is 9.79. The summed E-state index contributed by atoms with van der Waals surface area (Å²) in [5, 5.41) is 0. The van der Waals surface area contributed by atoms with Gasteiger partial charge in [-0.2, -0.15) is 0 Å². The average Bonchev–Trinajstić information content (AvgIpc) is 3.18. The number of fused-ring (bicyclic) bond motifs is 2. The second-order valence-corrected chi connectivity index (χ2v) is 9.45. The summed E-state index contributed by atoms with van der Waals surface area (Å²) in [7, 11) is 0. The van der Waals surface area contributed by atoms with E-state index in [9.17, 15) is 19.2 Å². The lowest BCUT2D eigenvalue weighted by molar-refractivity contribution is -0.155. The fourth-order valence-corrected chi connectivity index (χ4v) is 5.95. The van der Waals surface area contributed by atoms with Crippen LogP contribution in [0.5, 0.6) is 0 Å². The van der Waals surface area contributed by atoms with E-state index < -0.39 is 11.9 Å². The number of rotatable bonds is 4. The highest BCUT2D eigenvalue weighted by Gasteiger charge is 2.49. The third kappa shape index (κ3) is 3.80. The van der Waals surface area contributed by atoms with Crippen LogP contribution in [0.4, 0.5) is 0 Å². The zero-order chi connectivity index (χ0) is 20.8. The van der Waals surface area contributed by atoms with Gasteiger partial charge in [-0.25, -0.2) is 0 Å². The predicted molar refractivity (Wildman–Crippen MR) is 99.7 cm³/mol. The smallest absolute Gasteiger partial charge is 0.317 e. The Morgan fingerprint density at radius 1 is 0.467 bits per heavy atom. The summed E-state index contributed by atoms with van der Waals surface area (Å²) in [6.07, 6.45) is 7.97. The van der Waals surface area contributed by atoms with Crippen LogP contribution in [0.15, 0.2) is 0 Å². The van der Waals surface area contributed by atoms with Gasteiger partial charge in [0.25, 0.3) is 0 Å².